The predicted octanol–water partition coefficient (Wildman–Crippen LogP) is 1.82. The molecule has 7 heteroatoms. The summed E-state index contributed by atoms with van der Waals surface area (Å²) in [5.41, 5.74) is -0.470. The van der Waals surface area contributed by atoms with Crippen molar-refractivity contribution in [1.29, 1.82) is 0 Å². The Balaban J connectivity index is 2.97. The van der Waals surface area contributed by atoms with Gasteiger partial charge in [0, 0.05) is 17.7 Å². The molecule has 16 heavy (non-hydrogen) atoms. The third-order valence-corrected chi connectivity index (χ3v) is 2.64. The van der Waals surface area contributed by atoms with E-state index in [-0.39, 0.29) is 5.75 Å². The minimum Gasteiger partial charge on any atom is -0.497 e. The highest BCUT2D eigenvalue weighted by Gasteiger charge is 2.15. The van der Waals surface area contributed by atoms with Gasteiger partial charge >= 0.3 is 10.2 Å². The summed E-state index contributed by atoms with van der Waals surface area (Å²) in [6, 6.07) is 1.81. The predicted molar refractivity (Wildman–Crippen MR) is 51.5 cm³/mol. The second-order valence-electron chi connectivity index (χ2n) is 3.06. The Labute approximate surface area is 91.1 Å². The fourth-order valence-electron chi connectivity index (χ4n) is 1.16. The summed E-state index contributed by atoms with van der Waals surface area (Å²) in [6.07, 6.45) is -0.555. The summed E-state index contributed by atoms with van der Waals surface area (Å²) in [6.45, 7) is 0. The Hall–Kier alpha value is -1.24. The lowest BCUT2D eigenvalue weighted by atomic mass is 10.1. The van der Waals surface area contributed by atoms with Gasteiger partial charge in [-0.2, -0.15) is 8.42 Å². The topological polar surface area (TPSA) is 43.4 Å². The lowest BCUT2D eigenvalue weighted by Crippen LogP contribution is -2.06. The van der Waals surface area contributed by atoms with Gasteiger partial charge in [0.05, 0.1) is 12.9 Å². The number of rotatable bonds is 4. The second-order valence-corrected chi connectivity index (χ2v) is 4.55. The number of hydrogen-bond acceptors (Lipinski definition) is 3. The highest BCUT2D eigenvalue weighted by molar-refractivity contribution is 7.86. The second kappa shape index (κ2) is 4.73. The van der Waals surface area contributed by atoms with E-state index in [1.165, 1.54) is 7.11 Å². The van der Waals surface area contributed by atoms with Gasteiger partial charge in [0.15, 0.2) is 0 Å². The molecular weight excluding hydrogens is 245 g/mol. The highest BCUT2D eigenvalue weighted by atomic mass is 32.3. The van der Waals surface area contributed by atoms with E-state index in [4.69, 9.17) is 0 Å². The van der Waals surface area contributed by atoms with E-state index >= 15 is 0 Å². The molecule has 0 amide bonds. The van der Waals surface area contributed by atoms with Gasteiger partial charge in [-0.15, -0.1) is 3.89 Å². The standard InChI is InChI=1S/C9H9F3O3S/c1-15-6-4-8(10)7(9(11)5-6)2-3-16(12,13)14/h4-5H,2-3H2,1H3. The third kappa shape index (κ3) is 3.41. The normalized spacial score (nSPS) is 11.5. The molecule has 1 rings (SSSR count). The van der Waals surface area contributed by atoms with E-state index in [2.05, 4.69) is 4.74 Å². The molecule has 0 radical (unpaired) electrons. The SMILES string of the molecule is COc1cc(F)c(CCS(=O)(=O)F)c(F)c1. The zero-order valence-electron chi connectivity index (χ0n) is 8.34. The molecule has 3 nitrogen and oxygen atoms in total. The fraction of sp³-hybridized carbons (Fsp3) is 0.333. The number of ether oxygens (including phenoxy) is 1. The maximum absolute atomic E-state index is 13.2. The van der Waals surface area contributed by atoms with Crippen molar-refractivity contribution in [3.8, 4) is 5.75 Å². The summed E-state index contributed by atoms with van der Waals surface area (Å²) in [5, 5.41) is 0. The maximum atomic E-state index is 13.2. The van der Waals surface area contributed by atoms with Gasteiger partial charge in [-0.25, -0.2) is 8.78 Å². The monoisotopic (exact) mass is 254 g/mol. The van der Waals surface area contributed by atoms with Crippen LogP contribution in [0.1, 0.15) is 5.56 Å². The maximum Gasteiger partial charge on any atom is 0.302 e. The zero-order valence-corrected chi connectivity index (χ0v) is 9.15. The van der Waals surface area contributed by atoms with Crippen LogP contribution in [-0.2, 0) is 16.6 Å². The van der Waals surface area contributed by atoms with Crippen LogP contribution < -0.4 is 4.74 Å². The smallest absolute Gasteiger partial charge is 0.302 e. The zero-order chi connectivity index (χ0) is 12.3. The van der Waals surface area contributed by atoms with Crippen molar-refractivity contribution in [2.24, 2.45) is 0 Å². The lowest BCUT2D eigenvalue weighted by molar-refractivity contribution is 0.405. The van der Waals surface area contributed by atoms with E-state index in [0.29, 0.717) is 0 Å². The highest BCUT2D eigenvalue weighted by Crippen LogP contribution is 2.21. The molecule has 1 aromatic carbocycles. The van der Waals surface area contributed by atoms with Gasteiger partial charge in [-0.3, -0.25) is 0 Å². The van der Waals surface area contributed by atoms with Crippen LogP contribution in [0.15, 0.2) is 12.1 Å². The van der Waals surface area contributed by atoms with Gasteiger partial charge in [-0.05, 0) is 6.42 Å². The summed E-state index contributed by atoms with van der Waals surface area (Å²) in [7, 11) is -3.50. The molecule has 0 aliphatic carbocycles. The van der Waals surface area contributed by atoms with E-state index in [1.54, 1.807) is 0 Å². The van der Waals surface area contributed by atoms with Crippen molar-refractivity contribution in [3.05, 3.63) is 29.3 Å². The molecule has 0 aliphatic heterocycles. The number of halogens is 3. The summed E-state index contributed by atoms with van der Waals surface area (Å²) < 4.78 is 63.7. The van der Waals surface area contributed by atoms with E-state index in [9.17, 15) is 21.1 Å². The van der Waals surface area contributed by atoms with Crippen LogP contribution in [0.5, 0.6) is 5.75 Å². The quantitative estimate of drug-likeness (QED) is 0.770. The number of benzene rings is 1. The first-order chi connectivity index (χ1) is 7.33. The van der Waals surface area contributed by atoms with Crippen LogP contribution in [-0.4, -0.2) is 21.3 Å². The van der Waals surface area contributed by atoms with Crippen LogP contribution >= 0.6 is 0 Å². The molecule has 0 N–H and O–H groups in total. The molecule has 0 aromatic heterocycles. The fourth-order valence-corrected chi connectivity index (χ4v) is 1.61. The molecule has 0 bridgehead atoms. The molecule has 0 aliphatic rings. The molecule has 0 heterocycles. The van der Waals surface area contributed by atoms with Gasteiger partial charge in [0.1, 0.15) is 17.4 Å². The largest absolute Gasteiger partial charge is 0.497 e. The molecule has 0 fully saturated rings. The van der Waals surface area contributed by atoms with Gasteiger partial charge in [-0.1, -0.05) is 0 Å². The van der Waals surface area contributed by atoms with Gasteiger partial charge in [0.25, 0.3) is 0 Å². The minimum absolute atomic E-state index is 0.0261. The molecule has 0 unspecified atom stereocenters. The van der Waals surface area contributed by atoms with Gasteiger partial charge < -0.3 is 4.74 Å². The van der Waals surface area contributed by atoms with Crippen molar-refractivity contribution in [1.82, 2.24) is 0 Å². The Morgan fingerprint density at radius 3 is 2.12 bits per heavy atom. The molecule has 0 saturated heterocycles. The lowest BCUT2D eigenvalue weighted by Gasteiger charge is -2.06. The van der Waals surface area contributed by atoms with Crippen molar-refractivity contribution >= 4 is 10.2 Å². The molecule has 0 atom stereocenters. The Kier molecular flexibility index (Phi) is 3.79. The Bertz CT molecular complexity index is 462. The van der Waals surface area contributed by atoms with Crippen molar-refractivity contribution in [2.45, 2.75) is 6.42 Å². The average Bonchev–Trinajstić information content (AvgIpc) is 2.14. The Morgan fingerprint density at radius 1 is 1.25 bits per heavy atom. The first-order valence-corrected chi connectivity index (χ1v) is 5.83. The number of methoxy groups -OCH3 is 1. The van der Waals surface area contributed by atoms with Gasteiger partial charge in [0.2, 0.25) is 0 Å². The van der Waals surface area contributed by atoms with Crippen LogP contribution in [0.4, 0.5) is 12.7 Å². The molecule has 0 spiro atoms. The molecular formula is C9H9F3O3S. The van der Waals surface area contributed by atoms with Crippen LogP contribution in [0.3, 0.4) is 0 Å². The average molecular weight is 254 g/mol. The van der Waals surface area contributed by atoms with Crippen LogP contribution in [0.25, 0.3) is 0 Å². The third-order valence-electron chi connectivity index (χ3n) is 1.95. The molecule has 1 aromatic rings. The van der Waals surface area contributed by atoms with Crippen LogP contribution in [0.2, 0.25) is 0 Å². The van der Waals surface area contributed by atoms with Crippen molar-refractivity contribution in [2.75, 3.05) is 12.9 Å². The first-order valence-electron chi connectivity index (χ1n) is 4.27. The number of hydrogen-bond donors (Lipinski definition) is 0. The Morgan fingerprint density at radius 2 is 1.75 bits per heavy atom. The molecule has 90 valence electrons. The summed E-state index contributed by atoms with van der Waals surface area (Å²) >= 11 is 0. The molecule has 0 saturated carbocycles. The summed E-state index contributed by atoms with van der Waals surface area (Å²) in [5.74, 6) is -2.89. The van der Waals surface area contributed by atoms with E-state index in [1.807, 2.05) is 0 Å². The van der Waals surface area contributed by atoms with E-state index in [0.717, 1.165) is 12.1 Å². The minimum atomic E-state index is -4.74. The van der Waals surface area contributed by atoms with Crippen molar-refractivity contribution < 1.29 is 25.8 Å². The van der Waals surface area contributed by atoms with E-state index < -0.39 is 39.6 Å². The van der Waals surface area contributed by atoms with Crippen molar-refractivity contribution in [3.63, 3.8) is 0 Å². The van der Waals surface area contributed by atoms with Crippen LogP contribution in [0, 0.1) is 11.6 Å². The summed E-state index contributed by atoms with van der Waals surface area (Å²) in [4.78, 5) is 0. The first kappa shape index (κ1) is 12.8.